The molecule has 1 aliphatic carbocycles. The van der Waals surface area contributed by atoms with Crippen molar-refractivity contribution in [3.8, 4) is 5.88 Å². The topological polar surface area (TPSA) is 58.8 Å². The number of anilines is 1. The first kappa shape index (κ1) is 16.9. The van der Waals surface area contributed by atoms with Crippen LogP contribution in [0.15, 0.2) is 30.2 Å². The van der Waals surface area contributed by atoms with Gasteiger partial charge in [-0.25, -0.2) is 15.0 Å². The van der Waals surface area contributed by atoms with Crippen molar-refractivity contribution in [3.63, 3.8) is 0 Å². The van der Waals surface area contributed by atoms with E-state index in [-0.39, 0.29) is 0 Å². The second-order valence-electron chi connectivity index (χ2n) is 7.39. The van der Waals surface area contributed by atoms with Crippen LogP contribution in [0.2, 0.25) is 0 Å². The van der Waals surface area contributed by atoms with Gasteiger partial charge in [0.05, 0.1) is 12.8 Å². The van der Waals surface area contributed by atoms with Gasteiger partial charge < -0.3 is 9.64 Å². The summed E-state index contributed by atoms with van der Waals surface area (Å²) in [6.07, 6.45) is 10.7. The number of piperidine rings is 1. The van der Waals surface area contributed by atoms with E-state index in [1.807, 2.05) is 6.07 Å². The molecule has 0 radical (unpaired) electrons. The Balaban J connectivity index is 1.24. The zero-order valence-electron chi connectivity index (χ0n) is 15.5. The van der Waals surface area contributed by atoms with Crippen molar-refractivity contribution < 1.29 is 4.74 Å². The van der Waals surface area contributed by atoms with Gasteiger partial charge in [-0.1, -0.05) is 0 Å². The van der Waals surface area contributed by atoms with E-state index in [4.69, 9.17) is 9.72 Å². The molecule has 7 nitrogen and oxygen atoms in total. The molecule has 4 heterocycles. The number of fused-ring (bicyclic) bond motifs is 1. The minimum Gasteiger partial charge on any atom is -0.481 e. The summed E-state index contributed by atoms with van der Waals surface area (Å²) < 4.78 is 7.42. The Morgan fingerprint density at radius 3 is 2.74 bits per heavy atom. The highest BCUT2D eigenvalue weighted by atomic mass is 32.1. The van der Waals surface area contributed by atoms with Crippen LogP contribution in [0.25, 0.3) is 4.96 Å². The first-order chi connectivity index (χ1) is 13.3. The zero-order chi connectivity index (χ0) is 18.2. The Labute approximate surface area is 162 Å². The van der Waals surface area contributed by atoms with Gasteiger partial charge in [-0.15, -0.1) is 11.3 Å². The van der Waals surface area contributed by atoms with Crippen LogP contribution in [-0.4, -0.2) is 56.5 Å². The van der Waals surface area contributed by atoms with E-state index in [9.17, 15) is 0 Å². The van der Waals surface area contributed by atoms with E-state index in [2.05, 4.69) is 41.9 Å². The summed E-state index contributed by atoms with van der Waals surface area (Å²) in [6.45, 7) is 3.13. The predicted molar refractivity (Wildman–Crippen MR) is 105 cm³/mol. The van der Waals surface area contributed by atoms with Gasteiger partial charge in [0.15, 0.2) is 4.96 Å². The van der Waals surface area contributed by atoms with Gasteiger partial charge in [0.2, 0.25) is 5.88 Å². The fraction of sp³-hybridized carbons (Fsp3) is 0.526. The molecule has 0 N–H and O–H groups in total. The summed E-state index contributed by atoms with van der Waals surface area (Å²) in [7, 11) is 1.66. The molecule has 3 aromatic rings. The number of rotatable bonds is 6. The minimum atomic E-state index is 0.541. The van der Waals surface area contributed by atoms with Crippen LogP contribution < -0.4 is 9.64 Å². The molecule has 2 aliphatic rings. The minimum absolute atomic E-state index is 0.541. The molecule has 0 atom stereocenters. The molecule has 0 bridgehead atoms. The number of hydrogen-bond acceptors (Lipinski definition) is 7. The van der Waals surface area contributed by atoms with Gasteiger partial charge in [0.1, 0.15) is 12.1 Å². The van der Waals surface area contributed by atoms with Gasteiger partial charge in [-0.2, -0.15) is 0 Å². The van der Waals surface area contributed by atoms with Crippen molar-refractivity contribution >= 4 is 22.1 Å². The van der Waals surface area contributed by atoms with Gasteiger partial charge >= 0.3 is 0 Å². The lowest BCUT2D eigenvalue weighted by Gasteiger charge is -2.39. The molecule has 1 aliphatic heterocycles. The molecule has 8 heteroatoms. The van der Waals surface area contributed by atoms with Gasteiger partial charge in [-0.3, -0.25) is 9.30 Å². The van der Waals surface area contributed by atoms with Gasteiger partial charge in [0.25, 0.3) is 0 Å². The predicted octanol–water partition coefficient (Wildman–Crippen LogP) is 2.83. The largest absolute Gasteiger partial charge is 0.481 e. The van der Waals surface area contributed by atoms with Gasteiger partial charge in [-0.05, 0) is 25.7 Å². The monoisotopic (exact) mass is 384 g/mol. The molecule has 0 amide bonds. The number of ether oxygens (including phenoxy) is 1. The third-order valence-electron chi connectivity index (χ3n) is 5.52. The summed E-state index contributed by atoms with van der Waals surface area (Å²) >= 11 is 1.69. The summed E-state index contributed by atoms with van der Waals surface area (Å²) in [5.74, 6) is 1.65. The number of likely N-dealkylation sites (tertiary alicyclic amines) is 1. The number of aromatic nitrogens is 4. The van der Waals surface area contributed by atoms with E-state index < -0.39 is 0 Å². The first-order valence-corrected chi connectivity index (χ1v) is 10.5. The maximum atomic E-state index is 5.30. The molecular formula is C19H24N6OS. The lowest BCUT2D eigenvalue weighted by molar-refractivity contribution is 0.198. The SMILES string of the molecule is COc1cc(N(C2CC2)C2CCN(Cc3cn4ccsc4n3)CC2)ncn1. The molecule has 1 saturated carbocycles. The quantitative estimate of drug-likeness (QED) is 0.651. The number of thiazole rings is 1. The third kappa shape index (κ3) is 3.51. The average molecular weight is 385 g/mol. The molecule has 0 spiro atoms. The maximum Gasteiger partial charge on any atom is 0.218 e. The molecule has 0 aromatic carbocycles. The van der Waals surface area contributed by atoms with Crippen molar-refractivity contribution in [3.05, 3.63) is 35.9 Å². The summed E-state index contributed by atoms with van der Waals surface area (Å²) in [6, 6.07) is 3.14. The fourth-order valence-electron chi connectivity index (χ4n) is 4.04. The van der Waals surface area contributed by atoms with E-state index in [1.54, 1.807) is 24.8 Å². The number of nitrogens with zero attached hydrogens (tertiary/aromatic N) is 6. The zero-order valence-corrected chi connectivity index (χ0v) is 16.3. The lowest BCUT2D eigenvalue weighted by Crippen LogP contribution is -2.46. The smallest absolute Gasteiger partial charge is 0.218 e. The Morgan fingerprint density at radius 1 is 1.19 bits per heavy atom. The standard InChI is InChI=1S/C19H24N6OS/c1-26-18-10-17(20-13-21-18)25(15-2-3-15)16-4-6-23(7-5-16)11-14-12-24-8-9-27-19(24)22-14/h8-10,12-13,15-16H,2-7,11H2,1H3. The number of methoxy groups -OCH3 is 1. The normalized spacial score (nSPS) is 18.9. The van der Waals surface area contributed by atoms with Crippen LogP contribution in [-0.2, 0) is 6.54 Å². The van der Waals surface area contributed by atoms with Crippen LogP contribution in [0.1, 0.15) is 31.4 Å². The van der Waals surface area contributed by atoms with E-state index >= 15 is 0 Å². The van der Waals surface area contributed by atoms with Crippen molar-refractivity contribution in [1.82, 2.24) is 24.3 Å². The van der Waals surface area contributed by atoms with E-state index in [0.29, 0.717) is 18.0 Å². The molecule has 142 valence electrons. The van der Waals surface area contributed by atoms with Crippen molar-refractivity contribution in [2.24, 2.45) is 0 Å². The van der Waals surface area contributed by atoms with Crippen molar-refractivity contribution in [2.45, 2.75) is 44.3 Å². The average Bonchev–Trinajstić information content (AvgIpc) is 3.31. The Bertz CT molecular complexity index is 883. The second-order valence-corrected chi connectivity index (χ2v) is 8.26. The highest BCUT2D eigenvalue weighted by Crippen LogP contribution is 2.36. The van der Waals surface area contributed by atoms with Crippen molar-refractivity contribution in [1.29, 1.82) is 0 Å². The number of hydrogen-bond donors (Lipinski definition) is 0. The highest BCUT2D eigenvalue weighted by Gasteiger charge is 2.36. The van der Waals surface area contributed by atoms with Crippen LogP contribution in [0.5, 0.6) is 5.88 Å². The Kier molecular flexibility index (Phi) is 4.45. The van der Waals surface area contributed by atoms with Crippen molar-refractivity contribution in [2.75, 3.05) is 25.1 Å². The summed E-state index contributed by atoms with van der Waals surface area (Å²) in [4.78, 5) is 19.5. The Hall–Kier alpha value is -2.19. The van der Waals surface area contributed by atoms with Gasteiger partial charge in [0, 0.05) is 55.6 Å². The van der Waals surface area contributed by atoms with Crippen LogP contribution in [0.3, 0.4) is 0 Å². The molecule has 3 aromatic heterocycles. The molecule has 1 saturated heterocycles. The van der Waals surface area contributed by atoms with Crippen LogP contribution >= 0.6 is 11.3 Å². The molecule has 5 rings (SSSR count). The summed E-state index contributed by atoms with van der Waals surface area (Å²) in [5, 5.41) is 2.08. The lowest BCUT2D eigenvalue weighted by atomic mass is 10.0. The molecule has 27 heavy (non-hydrogen) atoms. The molecule has 2 fully saturated rings. The highest BCUT2D eigenvalue weighted by molar-refractivity contribution is 7.15. The van der Waals surface area contributed by atoms with E-state index in [1.165, 1.54) is 18.5 Å². The third-order valence-corrected chi connectivity index (χ3v) is 6.29. The first-order valence-electron chi connectivity index (χ1n) is 9.58. The Morgan fingerprint density at radius 2 is 2.00 bits per heavy atom. The van der Waals surface area contributed by atoms with E-state index in [0.717, 1.165) is 43.3 Å². The molecular weight excluding hydrogens is 360 g/mol. The number of imidazole rings is 1. The molecule has 0 unspecified atom stereocenters. The van der Waals surface area contributed by atoms with Crippen LogP contribution in [0.4, 0.5) is 5.82 Å². The fourth-order valence-corrected chi connectivity index (χ4v) is 4.76. The second kappa shape index (κ2) is 7.09. The van der Waals surface area contributed by atoms with Crippen LogP contribution in [0, 0.1) is 0 Å². The maximum absolute atomic E-state index is 5.30. The summed E-state index contributed by atoms with van der Waals surface area (Å²) in [5.41, 5.74) is 1.17.